The molecule has 1 N–H and O–H groups in total. The highest BCUT2D eigenvalue weighted by atomic mass is 32.2. The van der Waals surface area contributed by atoms with Crippen LogP contribution in [-0.4, -0.2) is 32.6 Å². The van der Waals surface area contributed by atoms with Crippen LogP contribution in [0.1, 0.15) is 12.5 Å². The molecule has 2 rings (SSSR count). The second kappa shape index (κ2) is 4.74. The maximum absolute atomic E-state index is 4.41. The van der Waals surface area contributed by atoms with Crippen LogP contribution < -0.4 is 5.32 Å². The topological polar surface area (TPSA) is 42.2 Å². The van der Waals surface area contributed by atoms with Gasteiger partial charge in [-0.3, -0.25) is 0 Å². The van der Waals surface area contributed by atoms with Gasteiger partial charge in [0.2, 0.25) is 5.95 Å². The second-order valence-electron chi connectivity index (χ2n) is 3.95. The first-order chi connectivity index (χ1) is 7.69. The average molecular weight is 236 g/mol. The molecule has 0 spiro atoms. The highest BCUT2D eigenvalue weighted by Crippen LogP contribution is 2.09. The van der Waals surface area contributed by atoms with Crippen LogP contribution in [-0.2, 0) is 0 Å². The van der Waals surface area contributed by atoms with Gasteiger partial charge < -0.3 is 5.32 Å². The van der Waals surface area contributed by atoms with Crippen molar-refractivity contribution in [1.82, 2.24) is 14.6 Å². The molecule has 0 aliphatic carbocycles. The summed E-state index contributed by atoms with van der Waals surface area (Å²) in [5, 5.41) is 7.67. The number of hydrogen-bond donors (Lipinski definition) is 1. The monoisotopic (exact) mass is 236 g/mol. The van der Waals surface area contributed by atoms with Crippen LogP contribution in [0.5, 0.6) is 0 Å². The van der Waals surface area contributed by atoms with Crippen LogP contribution in [0.15, 0.2) is 18.3 Å². The fourth-order valence-corrected chi connectivity index (χ4v) is 2.14. The number of anilines is 1. The molecule has 0 saturated heterocycles. The first-order valence-electron chi connectivity index (χ1n) is 5.27. The van der Waals surface area contributed by atoms with E-state index in [4.69, 9.17) is 0 Å². The van der Waals surface area contributed by atoms with Crippen molar-refractivity contribution < 1.29 is 0 Å². The number of aryl methyl sites for hydroxylation is 1. The smallest absolute Gasteiger partial charge is 0.243 e. The number of rotatable bonds is 4. The summed E-state index contributed by atoms with van der Waals surface area (Å²) in [6.07, 6.45) is 4.07. The largest absolute Gasteiger partial charge is 0.350 e. The Kier molecular flexibility index (Phi) is 3.33. The zero-order valence-electron chi connectivity index (χ0n) is 9.77. The van der Waals surface area contributed by atoms with Crippen LogP contribution in [0.4, 0.5) is 5.95 Å². The molecule has 2 heterocycles. The predicted molar refractivity (Wildman–Crippen MR) is 69.2 cm³/mol. The van der Waals surface area contributed by atoms with E-state index in [0.29, 0.717) is 12.0 Å². The van der Waals surface area contributed by atoms with Gasteiger partial charge in [-0.1, -0.05) is 6.07 Å². The number of aromatic nitrogens is 3. The van der Waals surface area contributed by atoms with Crippen molar-refractivity contribution in [2.45, 2.75) is 19.9 Å². The minimum atomic E-state index is 0.383. The van der Waals surface area contributed by atoms with Gasteiger partial charge in [-0.25, -0.2) is 4.52 Å². The van der Waals surface area contributed by atoms with Crippen molar-refractivity contribution >= 4 is 23.4 Å². The summed E-state index contributed by atoms with van der Waals surface area (Å²) >= 11 is 1.81. The average Bonchev–Trinajstić information content (AvgIpc) is 2.59. The molecule has 0 saturated carbocycles. The third kappa shape index (κ3) is 2.47. The van der Waals surface area contributed by atoms with E-state index in [1.165, 1.54) is 5.56 Å². The SMILES string of the molecule is CSCC(C)Nc1nc2ccc(C)cn2n1. The fraction of sp³-hybridized carbons (Fsp3) is 0.455. The van der Waals surface area contributed by atoms with E-state index in [1.54, 1.807) is 0 Å². The zero-order valence-corrected chi connectivity index (χ0v) is 10.6. The summed E-state index contributed by atoms with van der Waals surface area (Å²) in [6.45, 7) is 4.18. The molecule has 2 aromatic rings. The Morgan fingerprint density at radius 1 is 1.50 bits per heavy atom. The first kappa shape index (κ1) is 11.3. The van der Waals surface area contributed by atoms with Crippen molar-refractivity contribution in [2.24, 2.45) is 0 Å². The number of fused-ring (bicyclic) bond motifs is 1. The van der Waals surface area contributed by atoms with Gasteiger partial charge >= 0.3 is 0 Å². The Bertz CT molecular complexity index is 480. The third-order valence-corrected chi connectivity index (χ3v) is 3.10. The minimum absolute atomic E-state index is 0.383. The van der Waals surface area contributed by atoms with Crippen LogP contribution in [0.25, 0.3) is 5.65 Å². The van der Waals surface area contributed by atoms with Crippen molar-refractivity contribution in [1.29, 1.82) is 0 Å². The van der Waals surface area contributed by atoms with E-state index < -0.39 is 0 Å². The van der Waals surface area contributed by atoms with Crippen LogP contribution in [0.2, 0.25) is 0 Å². The Morgan fingerprint density at radius 3 is 3.06 bits per heavy atom. The number of pyridine rings is 1. The number of thioether (sulfide) groups is 1. The minimum Gasteiger partial charge on any atom is -0.350 e. The lowest BCUT2D eigenvalue weighted by Gasteiger charge is -2.09. The summed E-state index contributed by atoms with van der Waals surface area (Å²) in [6, 6.07) is 4.40. The van der Waals surface area contributed by atoms with E-state index in [2.05, 4.69) is 28.6 Å². The molecule has 0 bridgehead atoms. The quantitative estimate of drug-likeness (QED) is 0.883. The zero-order chi connectivity index (χ0) is 11.5. The lowest BCUT2D eigenvalue weighted by molar-refractivity contribution is 0.874. The van der Waals surface area contributed by atoms with Gasteiger partial charge in [0.15, 0.2) is 5.65 Å². The fourth-order valence-electron chi connectivity index (χ4n) is 1.56. The molecule has 0 fully saturated rings. The van der Waals surface area contributed by atoms with Crippen molar-refractivity contribution in [3.05, 3.63) is 23.9 Å². The molecule has 1 unspecified atom stereocenters. The molecule has 1 atom stereocenters. The molecule has 0 aliphatic rings. The van der Waals surface area contributed by atoms with Crippen molar-refractivity contribution in [3.63, 3.8) is 0 Å². The standard InChI is InChI=1S/C11H16N4S/c1-8-4-5-10-13-11(14-15(10)6-8)12-9(2)7-16-3/h4-6,9H,7H2,1-3H3,(H,12,14). The molecule has 4 nitrogen and oxygen atoms in total. The predicted octanol–water partition coefficient (Wildman–Crippen LogP) is 2.20. The maximum Gasteiger partial charge on any atom is 0.243 e. The number of nitrogens with zero attached hydrogens (tertiary/aromatic N) is 3. The van der Waals surface area contributed by atoms with Gasteiger partial charge in [0.05, 0.1) is 0 Å². The molecule has 0 aromatic carbocycles. The number of hydrogen-bond acceptors (Lipinski definition) is 4. The maximum atomic E-state index is 4.41. The summed E-state index contributed by atoms with van der Waals surface area (Å²) < 4.78 is 1.81. The van der Waals surface area contributed by atoms with E-state index in [0.717, 1.165) is 11.4 Å². The lowest BCUT2D eigenvalue weighted by atomic mass is 10.3. The van der Waals surface area contributed by atoms with Gasteiger partial charge in [-0.2, -0.15) is 16.7 Å². The number of nitrogens with one attached hydrogen (secondary N) is 1. The van der Waals surface area contributed by atoms with Gasteiger partial charge in [-0.05, 0) is 31.7 Å². The van der Waals surface area contributed by atoms with Crippen LogP contribution >= 0.6 is 11.8 Å². The Labute approximate surface area is 99.5 Å². The first-order valence-corrected chi connectivity index (χ1v) is 6.67. The van der Waals surface area contributed by atoms with Crippen molar-refractivity contribution in [2.75, 3.05) is 17.3 Å². The van der Waals surface area contributed by atoms with Crippen molar-refractivity contribution in [3.8, 4) is 0 Å². The highest BCUT2D eigenvalue weighted by Gasteiger charge is 2.06. The Morgan fingerprint density at radius 2 is 2.31 bits per heavy atom. The summed E-state index contributed by atoms with van der Waals surface area (Å²) in [5.74, 6) is 1.75. The lowest BCUT2D eigenvalue weighted by Crippen LogP contribution is -2.18. The summed E-state index contributed by atoms with van der Waals surface area (Å²) in [4.78, 5) is 4.41. The third-order valence-electron chi connectivity index (χ3n) is 2.27. The molecule has 5 heteroatoms. The van der Waals surface area contributed by atoms with Gasteiger partial charge in [0.1, 0.15) is 0 Å². The second-order valence-corrected chi connectivity index (χ2v) is 4.86. The van der Waals surface area contributed by atoms with E-state index in [9.17, 15) is 0 Å². The summed E-state index contributed by atoms with van der Waals surface area (Å²) in [7, 11) is 0. The van der Waals surface area contributed by atoms with E-state index in [-0.39, 0.29) is 0 Å². The van der Waals surface area contributed by atoms with Gasteiger partial charge in [0, 0.05) is 18.0 Å². The highest BCUT2D eigenvalue weighted by molar-refractivity contribution is 7.98. The molecule has 86 valence electrons. The molecular formula is C11H16N4S. The Balaban J connectivity index is 2.19. The Hall–Kier alpha value is -1.23. The normalized spacial score (nSPS) is 12.9. The van der Waals surface area contributed by atoms with Gasteiger partial charge in [-0.15, -0.1) is 5.10 Å². The molecule has 16 heavy (non-hydrogen) atoms. The molecule has 2 aromatic heterocycles. The molecule has 0 aliphatic heterocycles. The summed E-state index contributed by atoms with van der Waals surface area (Å²) in [5.41, 5.74) is 2.06. The van der Waals surface area contributed by atoms with Gasteiger partial charge in [0.25, 0.3) is 0 Å². The molecule has 0 radical (unpaired) electrons. The van der Waals surface area contributed by atoms with Crippen LogP contribution in [0.3, 0.4) is 0 Å². The molecule has 0 amide bonds. The molecular weight excluding hydrogens is 220 g/mol. The van der Waals surface area contributed by atoms with E-state index in [1.807, 2.05) is 41.5 Å². The van der Waals surface area contributed by atoms with Crippen LogP contribution in [0, 0.1) is 6.92 Å². The van der Waals surface area contributed by atoms with E-state index >= 15 is 0 Å².